The zero-order valence-electron chi connectivity index (χ0n) is 10.4. The van der Waals surface area contributed by atoms with Crippen LogP contribution in [0.15, 0.2) is 60.7 Å². The molecule has 0 spiro atoms. The summed E-state index contributed by atoms with van der Waals surface area (Å²) < 4.78 is 0. The summed E-state index contributed by atoms with van der Waals surface area (Å²) in [4.78, 5) is 0. The van der Waals surface area contributed by atoms with Crippen molar-refractivity contribution in [2.45, 2.75) is 12.5 Å². The average Bonchev–Trinajstić information content (AvgIpc) is 2.46. The van der Waals surface area contributed by atoms with Gasteiger partial charge in [-0.05, 0) is 24.1 Å². The number of aliphatic hydroxyl groups excluding tert-OH is 1. The highest BCUT2D eigenvalue weighted by Gasteiger charge is 2.11. The SMILES string of the molecule is OCCCNC(c1ccccc1)c1ccccc1. The molecule has 0 atom stereocenters. The van der Waals surface area contributed by atoms with E-state index in [-0.39, 0.29) is 12.6 Å². The van der Waals surface area contributed by atoms with Crippen LogP contribution >= 0.6 is 0 Å². The first-order chi connectivity index (χ1) is 8.92. The highest BCUT2D eigenvalue weighted by molar-refractivity contribution is 5.31. The quantitative estimate of drug-likeness (QED) is 0.762. The van der Waals surface area contributed by atoms with Crippen LogP contribution in [0.5, 0.6) is 0 Å². The highest BCUT2D eigenvalue weighted by Crippen LogP contribution is 2.21. The van der Waals surface area contributed by atoms with Crippen molar-refractivity contribution in [1.29, 1.82) is 0 Å². The number of nitrogens with one attached hydrogen (secondary N) is 1. The summed E-state index contributed by atoms with van der Waals surface area (Å²) in [5.74, 6) is 0. The minimum Gasteiger partial charge on any atom is -0.396 e. The largest absolute Gasteiger partial charge is 0.396 e. The standard InChI is InChI=1S/C16H19NO/c18-13-7-12-17-16(14-8-3-1-4-9-14)15-10-5-2-6-11-15/h1-6,8-11,16-18H,7,12-13H2. The summed E-state index contributed by atoms with van der Waals surface area (Å²) in [6, 6.07) is 21.0. The van der Waals surface area contributed by atoms with Gasteiger partial charge in [0, 0.05) is 6.61 Å². The van der Waals surface area contributed by atoms with Gasteiger partial charge in [-0.3, -0.25) is 0 Å². The van der Waals surface area contributed by atoms with Gasteiger partial charge in [0.05, 0.1) is 6.04 Å². The molecule has 0 aliphatic rings. The number of benzene rings is 2. The molecule has 2 heteroatoms. The third kappa shape index (κ3) is 3.42. The Balaban J connectivity index is 2.18. The third-order valence-electron chi connectivity index (χ3n) is 2.95. The molecule has 0 aliphatic heterocycles. The fourth-order valence-corrected chi connectivity index (χ4v) is 2.04. The molecule has 0 heterocycles. The second-order valence-electron chi connectivity index (χ2n) is 4.29. The van der Waals surface area contributed by atoms with Crippen LogP contribution < -0.4 is 5.32 Å². The maximum atomic E-state index is 8.88. The number of rotatable bonds is 6. The van der Waals surface area contributed by atoms with Crippen LogP contribution in [0.4, 0.5) is 0 Å². The van der Waals surface area contributed by atoms with E-state index < -0.39 is 0 Å². The second-order valence-corrected chi connectivity index (χ2v) is 4.29. The maximum Gasteiger partial charge on any atom is 0.0576 e. The average molecular weight is 241 g/mol. The summed E-state index contributed by atoms with van der Waals surface area (Å²) >= 11 is 0. The molecule has 0 unspecified atom stereocenters. The van der Waals surface area contributed by atoms with Crippen molar-refractivity contribution < 1.29 is 5.11 Å². The van der Waals surface area contributed by atoms with Crippen LogP contribution in [0.25, 0.3) is 0 Å². The Kier molecular flexibility index (Phi) is 4.94. The lowest BCUT2D eigenvalue weighted by atomic mass is 9.99. The van der Waals surface area contributed by atoms with E-state index in [1.807, 2.05) is 12.1 Å². The number of hydrogen-bond donors (Lipinski definition) is 2. The van der Waals surface area contributed by atoms with Crippen molar-refractivity contribution in [3.05, 3.63) is 71.8 Å². The van der Waals surface area contributed by atoms with Gasteiger partial charge in [-0.2, -0.15) is 0 Å². The lowest BCUT2D eigenvalue weighted by molar-refractivity contribution is 0.284. The molecule has 2 rings (SSSR count). The van der Waals surface area contributed by atoms with Crippen molar-refractivity contribution in [1.82, 2.24) is 5.32 Å². The molecule has 0 aromatic heterocycles. The molecular formula is C16H19NO. The first kappa shape index (κ1) is 12.8. The maximum absolute atomic E-state index is 8.88. The van der Waals surface area contributed by atoms with E-state index >= 15 is 0 Å². The van der Waals surface area contributed by atoms with Gasteiger partial charge in [0.1, 0.15) is 0 Å². The van der Waals surface area contributed by atoms with Crippen LogP contribution in [-0.2, 0) is 0 Å². The van der Waals surface area contributed by atoms with Crippen LogP contribution in [0.2, 0.25) is 0 Å². The summed E-state index contributed by atoms with van der Waals surface area (Å²) in [5.41, 5.74) is 2.50. The highest BCUT2D eigenvalue weighted by atomic mass is 16.3. The first-order valence-corrected chi connectivity index (χ1v) is 6.36. The molecule has 0 amide bonds. The lowest BCUT2D eigenvalue weighted by Crippen LogP contribution is -2.24. The summed E-state index contributed by atoms with van der Waals surface area (Å²) in [5, 5.41) is 12.4. The lowest BCUT2D eigenvalue weighted by Gasteiger charge is -2.19. The molecular weight excluding hydrogens is 222 g/mol. The van der Waals surface area contributed by atoms with E-state index in [1.165, 1.54) is 11.1 Å². The molecule has 2 N–H and O–H groups in total. The molecule has 2 nitrogen and oxygen atoms in total. The van der Waals surface area contributed by atoms with Crippen molar-refractivity contribution in [3.8, 4) is 0 Å². The number of aliphatic hydroxyl groups is 1. The van der Waals surface area contributed by atoms with Crippen molar-refractivity contribution >= 4 is 0 Å². The summed E-state index contributed by atoms with van der Waals surface area (Å²) in [6.45, 7) is 1.04. The number of hydrogen-bond acceptors (Lipinski definition) is 2. The Morgan fingerprint density at radius 1 is 0.833 bits per heavy atom. The smallest absolute Gasteiger partial charge is 0.0576 e. The predicted octanol–water partition coefficient (Wildman–Crippen LogP) is 2.75. The van der Waals surface area contributed by atoms with E-state index in [9.17, 15) is 0 Å². The van der Waals surface area contributed by atoms with E-state index in [0.717, 1.165) is 13.0 Å². The monoisotopic (exact) mass is 241 g/mol. The summed E-state index contributed by atoms with van der Waals surface area (Å²) in [7, 11) is 0. The van der Waals surface area contributed by atoms with Crippen LogP contribution in [0.3, 0.4) is 0 Å². The van der Waals surface area contributed by atoms with Crippen LogP contribution in [0.1, 0.15) is 23.6 Å². The Morgan fingerprint density at radius 2 is 1.33 bits per heavy atom. The van der Waals surface area contributed by atoms with E-state index in [2.05, 4.69) is 53.8 Å². The molecule has 94 valence electrons. The zero-order valence-corrected chi connectivity index (χ0v) is 10.4. The van der Waals surface area contributed by atoms with Crippen molar-refractivity contribution in [2.75, 3.05) is 13.2 Å². The van der Waals surface area contributed by atoms with E-state index in [1.54, 1.807) is 0 Å². The zero-order chi connectivity index (χ0) is 12.6. The predicted molar refractivity (Wildman–Crippen MR) is 74.4 cm³/mol. The van der Waals surface area contributed by atoms with E-state index in [0.29, 0.717) is 0 Å². The van der Waals surface area contributed by atoms with Gasteiger partial charge in [0.2, 0.25) is 0 Å². The molecule has 2 aromatic carbocycles. The normalized spacial score (nSPS) is 10.8. The van der Waals surface area contributed by atoms with Crippen molar-refractivity contribution in [3.63, 3.8) is 0 Å². The Labute approximate surface area is 108 Å². The van der Waals surface area contributed by atoms with Gasteiger partial charge < -0.3 is 10.4 Å². The Bertz CT molecular complexity index is 402. The molecule has 0 fully saturated rings. The molecule has 2 aromatic rings. The molecule has 0 saturated carbocycles. The molecule has 0 saturated heterocycles. The topological polar surface area (TPSA) is 32.3 Å². The van der Waals surface area contributed by atoms with Gasteiger partial charge in [-0.1, -0.05) is 60.7 Å². The Morgan fingerprint density at radius 3 is 1.78 bits per heavy atom. The Hall–Kier alpha value is -1.64. The third-order valence-corrected chi connectivity index (χ3v) is 2.95. The molecule has 0 aliphatic carbocycles. The summed E-state index contributed by atoms with van der Waals surface area (Å²) in [6.07, 6.45) is 0.774. The van der Waals surface area contributed by atoms with Gasteiger partial charge in [0.15, 0.2) is 0 Å². The molecule has 0 radical (unpaired) electrons. The molecule has 18 heavy (non-hydrogen) atoms. The van der Waals surface area contributed by atoms with Gasteiger partial charge >= 0.3 is 0 Å². The van der Waals surface area contributed by atoms with E-state index in [4.69, 9.17) is 5.11 Å². The van der Waals surface area contributed by atoms with Crippen LogP contribution in [0, 0.1) is 0 Å². The fraction of sp³-hybridized carbons (Fsp3) is 0.250. The second kappa shape index (κ2) is 6.94. The minimum atomic E-state index is 0.193. The molecule has 0 bridgehead atoms. The van der Waals surface area contributed by atoms with Crippen LogP contribution in [-0.4, -0.2) is 18.3 Å². The first-order valence-electron chi connectivity index (χ1n) is 6.36. The van der Waals surface area contributed by atoms with Crippen molar-refractivity contribution in [2.24, 2.45) is 0 Å². The van der Waals surface area contributed by atoms with Gasteiger partial charge in [0.25, 0.3) is 0 Å². The van der Waals surface area contributed by atoms with Gasteiger partial charge in [-0.15, -0.1) is 0 Å². The fourth-order valence-electron chi connectivity index (χ4n) is 2.04. The minimum absolute atomic E-state index is 0.193. The van der Waals surface area contributed by atoms with Gasteiger partial charge in [-0.25, -0.2) is 0 Å².